The van der Waals surface area contributed by atoms with E-state index in [1.165, 1.54) is 24.2 Å². The largest absolute Gasteiger partial charge is 0.493 e. The zero-order chi connectivity index (χ0) is 18.1. The molecule has 0 spiro atoms. The van der Waals surface area contributed by atoms with Crippen LogP contribution in [0, 0.1) is 5.92 Å². The number of thiophene rings is 1. The molecule has 138 valence electrons. The number of methoxy groups -OCH3 is 1. The van der Waals surface area contributed by atoms with Gasteiger partial charge in [-0.05, 0) is 63.0 Å². The summed E-state index contributed by atoms with van der Waals surface area (Å²) in [4.78, 5) is 15.9. The topological polar surface area (TPSA) is 50.8 Å². The molecule has 4 heterocycles. The Morgan fingerprint density at radius 1 is 1.15 bits per heavy atom. The first-order valence-electron chi connectivity index (χ1n) is 9.11. The maximum atomic E-state index is 12.7. The molecule has 26 heavy (non-hydrogen) atoms. The van der Waals surface area contributed by atoms with Gasteiger partial charge in [0.15, 0.2) is 16.6 Å². The number of ether oxygens (including phenoxy) is 2. The Labute approximate surface area is 157 Å². The van der Waals surface area contributed by atoms with Crippen molar-refractivity contribution in [3.05, 3.63) is 41.3 Å². The van der Waals surface area contributed by atoms with Crippen LogP contribution in [0.25, 0.3) is 0 Å². The van der Waals surface area contributed by atoms with Gasteiger partial charge in [-0.3, -0.25) is 9.69 Å². The molecule has 3 fully saturated rings. The predicted molar refractivity (Wildman–Crippen MR) is 102 cm³/mol. The summed E-state index contributed by atoms with van der Waals surface area (Å²) in [5.41, 5.74) is 0. The number of hydrogen-bond acceptors (Lipinski definition) is 5. The van der Waals surface area contributed by atoms with Gasteiger partial charge >= 0.3 is 0 Å². The summed E-state index contributed by atoms with van der Waals surface area (Å²) in [7, 11) is 1.62. The molecule has 3 aliphatic heterocycles. The predicted octanol–water partition coefficient (Wildman–Crippen LogP) is 3.76. The van der Waals surface area contributed by atoms with Crippen molar-refractivity contribution in [3.63, 3.8) is 0 Å². The number of nitrogens with one attached hydrogen (secondary N) is 1. The van der Waals surface area contributed by atoms with E-state index in [4.69, 9.17) is 9.47 Å². The number of hydrogen-bond donors (Lipinski definition) is 1. The zero-order valence-corrected chi connectivity index (χ0v) is 15.9. The van der Waals surface area contributed by atoms with Gasteiger partial charge in [0, 0.05) is 12.1 Å². The molecule has 3 saturated heterocycles. The fourth-order valence-electron chi connectivity index (χ4n) is 4.08. The Kier molecular flexibility index (Phi) is 4.87. The molecule has 3 aliphatic rings. The second kappa shape index (κ2) is 7.29. The molecule has 5 nitrogen and oxygen atoms in total. The Balaban J connectivity index is 1.43. The van der Waals surface area contributed by atoms with Crippen LogP contribution in [0.15, 0.2) is 36.4 Å². The maximum absolute atomic E-state index is 12.7. The Morgan fingerprint density at radius 3 is 2.58 bits per heavy atom. The van der Waals surface area contributed by atoms with Gasteiger partial charge in [-0.25, -0.2) is 0 Å². The van der Waals surface area contributed by atoms with Crippen molar-refractivity contribution < 1.29 is 14.3 Å². The Hall–Kier alpha value is -2.05. The van der Waals surface area contributed by atoms with E-state index < -0.39 is 0 Å². The summed E-state index contributed by atoms with van der Waals surface area (Å²) in [6, 6.07) is 11.8. The van der Waals surface area contributed by atoms with Crippen LogP contribution in [0.3, 0.4) is 0 Å². The van der Waals surface area contributed by atoms with Crippen molar-refractivity contribution >= 4 is 17.2 Å². The molecule has 1 amide bonds. The van der Waals surface area contributed by atoms with E-state index in [1.807, 2.05) is 36.4 Å². The molecule has 1 N–H and O–H groups in total. The number of rotatable bonds is 5. The number of para-hydroxylation sites is 2. The highest BCUT2D eigenvalue weighted by atomic mass is 32.1. The normalized spacial score (nSPS) is 27.2. The third-order valence-electron chi connectivity index (χ3n) is 5.56. The molecular formula is C20H24N2O3S. The van der Waals surface area contributed by atoms with Crippen molar-refractivity contribution in [2.24, 2.45) is 5.92 Å². The first-order chi connectivity index (χ1) is 12.7. The van der Waals surface area contributed by atoms with Gasteiger partial charge in [-0.1, -0.05) is 23.5 Å². The van der Waals surface area contributed by atoms with Crippen LogP contribution in [-0.4, -0.2) is 43.1 Å². The second-order valence-corrected chi connectivity index (χ2v) is 8.03. The van der Waals surface area contributed by atoms with Gasteiger partial charge in [0.05, 0.1) is 12.0 Å². The van der Waals surface area contributed by atoms with Crippen LogP contribution in [0.5, 0.6) is 16.6 Å². The molecule has 2 bridgehead atoms. The summed E-state index contributed by atoms with van der Waals surface area (Å²) in [6.07, 6.45) is 2.36. The van der Waals surface area contributed by atoms with E-state index in [0.717, 1.165) is 13.1 Å². The van der Waals surface area contributed by atoms with Crippen LogP contribution in [0.4, 0.5) is 0 Å². The maximum Gasteiger partial charge on any atom is 0.261 e. The van der Waals surface area contributed by atoms with Crippen molar-refractivity contribution in [2.75, 3.05) is 20.2 Å². The highest BCUT2D eigenvalue weighted by molar-refractivity contribution is 7.15. The lowest BCUT2D eigenvalue weighted by atomic mass is 9.79. The third-order valence-corrected chi connectivity index (χ3v) is 6.52. The first-order valence-corrected chi connectivity index (χ1v) is 9.93. The molecular weight excluding hydrogens is 348 g/mol. The SMILES string of the molecule is COc1ccccc1Oc1ccc(C(=O)N[C@@H]2C3CCN(CC3)[C@H]2C)s1. The highest BCUT2D eigenvalue weighted by Gasteiger charge is 2.40. The molecule has 0 aliphatic carbocycles. The van der Waals surface area contributed by atoms with Gasteiger partial charge in [-0.2, -0.15) is 0 Å². The quantitative estimate of drug-likeness (QED) is 0.868. The first kappa shape index (κ1) is 17.4. The number of piperidine rings is 3. The minimum atomic E-state index is -0.00419. The Bertz CT molecular complexity index is 781. The molecule has 6 heteroatoms. The van der Waals surface area contributed by atoms with Crippen LogP contribution >= 0.6 is 11.3 Å². The number of benzene rings is 1. The molecule has 0 unspecified atom stereocenters. The average molecular weight is 372 g/mol. The highest BCUT2D eigenvalue weighted by Crippen LogP contribution is 2.36. The van der Waals surface area contributed by atoms with Gasteiger partial charge in [0.25, 0.3) is 5.91 Å². The fraction of sp³-hybridized carbons (Fsp3) is 0.450. The molecule has 1 aromatic heterocycles. The standard InChI is InChI=1S/C20H24N2O3S/c1-13-19(14-9-11-22(13)12-10-14)21-20(23)17-7-8-18(26-17)25-16-6-4-3-5-15(16)24-2/h3-8,13-14,19H,9-12H2,1-2H3,(H,21,23)/t13-,19-/m0/s1. The fourth-order valence-corrected chi connectivity index (χ4v) is 4.85. The number of nitrogens with zero attached hydrogens (tertiary/aromatic N) is 1. The number of amides is 1. The smallest absolute Gasteiger partial charge is 0.261 e. The van der Waals surface area contributed by atoms with Gasteiger partial charge < -0.3 is 14.8 Å². The summed E-state index contributed by atoms with van der Waals surface area (Å²) in [6.45, 7) is 4.54. The summed E-state index contributed by atoms with van der Waals surface area (Å²) < 4.78 is 11.2. The van der Waals surface area contributed by atoms with E-state index >= 15 is 0 Å². The zero-order valence-electron chi connectivity index (χ0n) is 15.1. The van der Waals surface area contributed by atoms with Crippen LogP contribution in [0.1, 0.15) is 29.4 Å². The van der Waals surface area contributed by atoms with Crippen molar-refractivity contribution in [3.8, 4) is 16.6 Å². The van der Waals surface area contributed by atoms with E-state index in [-0.39, 0.29) is 11.9 Å². The number of carbonyl (C=O) groups is 1. The summed E-state index contributed by atoms with van der Waals surface area (Å²) >= 11 is 1.36. The van der Waals surface area contributed by atoms with E-state index in [9.17, 15) is 4.79 Å². The van der Waals surface area contributed by atoms with Gasteiger partial charge in [-0.15, -0.1) is 0 Å². The summed E-state index contributed by atoms with van der Waals surface area (Å²) in [5.74, 6) is 1.92. The molecule has 1 aromatic carbocycles. The van der Waals surface area contributed by atoms with Crippen LogP contribution in [0.2, 0.25) is 0 Å². The molecule has 0 radical (unpaired) electrons. The molecule has 2 atom stereocenters. The van der Waals surface area contributed by atoms with Crippen molar-refractivity contribution in [1.29, 1.82) is 0 Å². The lowest BCUT2D eigenvalue weighted by Crippen LogP contribution is -2.62. The number of carbonyl (C=O) groups excluding carboxylic acids is 1. The van der Waals surface area contributed by atoms with Gasteiger partial charge in [0.2, 0.25) is 0 Å². The third kappa shape index (κ3) is 3.31. The van der Waals surface area contributed by atoms with E-state index in [1.54, 1.807) is 7.11 Å². The number of fused-ring (bicyclic) bond motifs is 3. The Morgan fingerprint density at radius 2 is 1.88 bits per heavy atom. The van der Waals surface area contributed by atoms with Crippen molar-refractivity contribution in [2.45, 2.75) is 31.8 Å². The molecule has 5 rings (SSSR count). The monoisotopic (exact) mass is 372 g/mol. The van der Waals surface area contributed by atoms with Gasteiger partial charge in [0.1, 0.15) is 0 Å². The summed E-state index contributed by atoms with van der Waals surface area (Å²) in [5, 5.41) is 3.95. The lowest BCUT2D eigenvalue weighted by molar-refractivity contribution is 0.0218. The van der Waals surface area contributed by atoms with Crippen LogP contribution in [-0.2, 0) is 0 Å². The van der Waals surface area contributed by atoms with Crippen LogP contribution < -0.4 is 14.8 Å². The van der Waals surface area contributed by atoms with Crippen molar-refractivity contribution in [1.82, 2.24) is 10.2 Å². The second-order valence-electron chi connectivity index (χ2n) is 6.98. The lowest BCUT2D eigenvalue weighted by Gasteiger charge is -2.49. The van der Waals surface area contributed by atoms with E-state index in [0.29, 0.717) is 33.4 Å². The minimum Gasteiger partial charge on any atom is -0.493 e. The minimum absolute atomic E-state index is 0.00419. The van der Waals surface area contributed by atoms with E-state index in [2.05, 4.69) is 17.1 Å². The average Bonchev–Trinajstić information content (AvgIpc) is 3.14. The molecule has 0 saturated carbocycles. The molecule has 2 aromatic rings.